The van der Waals surface area contributed by atoms with Crippen LogP contribution in [0.5, 0.6) is 0 Å². The van der Waals surface area contributed by atoms with Gasteiger partial charge in [-0.05, 0) is 49.2 Å². The summed E-state index contributed by atoms with van der Waals surface area (Å²) >= 11 is 0. The summed E-state index contributed by atoms with van der Waals surface area (Å²) in [4.78, 5) is 27.1. The first-order valence-electron chi connectivity index (χ1n) is 9.56. The maximum absolute atomic E-state index is 12.7. The lowest BCUT2D eigenvalue weighted by Gasteiger charge is -2.22. The number of amides is 1. The van der Waals surface area contributed by atoms with Crippen LogP contribution in [0.4, 0.5) is 11.4 Å². The molecule has 0 saturated carbocycles. The second-order valence-electron chi connectivity index (χ2n) is 7.00. The zero-order chi connectivity index (χ0) is 20.2. The Bertz CT molecular complexity index is 1010. The van der Waals surface area contributed by atoms with Crippen molar-refractivity contribution < 1.29 is 18.7 Å². The summed E-state index contributed by atoms with van der Waals surface area (Å²) in [6.07, 6.45) is 2.40. The van der Waals surface area contributed by atoms with Crippen LogP contribution in [0.25, 0.3) is 0 Å². The highest BCUT2D eigenvalue weighted by atomic mass is 16.5. The van der Waals surface area contributed by atoms with E-state index in [4.69, 9.17) is 9.15 Å². The molecule has 0 spiro atoms. The van der Waals surface area contributed by atoms with Crippen molar-refractivity contribution in [2.45, 2.75) is 25.9 Å². The molecule has 1 aromatic heterocycles. The summed E-state index contributed by atoms with van der Waals surface area (Å²) in [5, 5.41) is 3.17. The number of esters is 1. The molecule has 3 aromatic rings. The van der Waals surface area contributed by atoms with Crippen molar-refractivity contribution in [3.05, 3.63) is 83.8 Å². The predicted octanol–water partition coefficient (Wildman–Crippen LogP) is 4.03. The molecule has 2 heterocycles. The van der Waals surface area contributed by atoms with Crippen LogP contribution in [0, 0.1) is 0 Å². The smallest absolute Gasteiger partial charge is 0.340 e. The van der Waals surface area contributed by atoms with Crippen molar-refractivity contribution in [2.24, 2.45) is 0 Å². The number of ether oxygens (including phenoxy) is 1. The molecule has 6 heteroatoms. The SMILES string of the molecule is C[C@@H]1Cc2ccccc2N1C(=O)COC(=O)c1ccccc1NCc1ccco1. The Labute approximate surface area is 169 Å². The van der Waals surface area contributed by atoms with Crippen LogP contribution in [0.15, 0.2) is 71.3 Å². The van der Waals surface area contributed by atoms with E-state index in [0.29, 0.717) is 17.8 Å². The quantitative estimate of drug-likeness (QED) is 0.644. The van der Waals surface area contributed by atoms with Gasteiger partial charge in [-0.3, -0.25) is 4.79 Å². The second kappa shape index (κ2) is 8.22. The van der Waals surface area contributed by atoms with E-state index in [9.17, 15) is 9.59 Å². The highest BCUT2D eigenvalue weighted by Crippen LogP contribution is 2.31. The van der Waals surface area contributed by atoms with Crippen LogP contribution in [-0.2, 0) is 22.5 Å². The van der Waals surface area contributed by atoms with E-state index in [1.807, 2.05) is 43.3 Å². The number of para-hydroxylation sites is 2. The Morgan fingerprint density at radius 1 is 1.10 bits per heavy atom. The summed E-state index contributed by atoms with van der Waals surface area (Å²) in [5.41, 5.74) is 3.02. The molecule has 0 saturated heterocycles. The van der Waals surface area contributed by atoms with Gasteiger partial charge in [0, 0.05) is 17.4 Å². The van der Waals surface area contributed by atoms with E-state index in [0.717, 1.165) is 23.4 Å². The molecule has 29 heavy (non-hydrogen) atoms. The van der Waals surface area contributed by atoms with Crippen molar-refractivity contribution in [3.8, 4) is 0 Å². The van der Waals surface area contributed by atoms with E-state index in [1.165, 1.54) is 0 Å². The summed E-state index contributed by atoms with van der Waals surface area (Å²) in [7, 11) is 0. The number of furan rings is 1. The number of carbonyl (C=O) groups is 2. The number of benzene rings is 2. The van der Waals surface area contributed by atoms with E-state index >= 15 is 0 Å². The Kier molecular flexibility index (Phi) is 5.33. The topological polar surface area (TPSA) is 71.8 Å². The average molecular weight is 390 g/mol. The van der Waals surface area contributed by atoms with Crippen molar-refractivity contribution in [2.75, 3.05) is 16.8 Å². The van der Waals surface area contributed by atoms with Gasteiger partial charge in [0.1, 0.15) is 5.76 Å². The van der Waals surface area contributed by atoms with Crippen molar-refractivity contribution in [3.63, 3.8) is 0 Å². The first-order chi connectivity index (χ1) is 14.1. The van der Waals surface area contributed by atoms with Crippen LogP contribution < -0.4 is 10.2 Å². The van der Waals surface area contributed by atoms with Crippen molar-refractivity contribution in [1.82, 2.24) is 0 Å². The number of hydrogen-bond donors (Lipinski definition) is 1. The highest BCUT2D eigenvalue weighted by molar-refractivity contribution is 6.00. The van der Waals surface area contributed by atoms with Gasteiger partial charge in [0.15, 0.2) is 6.61 Å². The number of hydrogen-bond acceptors (Lipinski definition) is 5. The minimum atomic E-state index is -0.541. The fourth-order valence-corrected chi connectivity index (χ4v) is 3.63. The maximum Gasteiger partial charge on any atom is 0.340 e. The third-order valence-electron chi connectivity index (χ3n) is 4.98. The molecule has 6 nitrogen and oxygen atoms in total. The molecule has 0 fully saturated rings. The molecule has 0 radical (unpaired) electrons. The summed E-state index contributed by atoms with van der Waals surface area (Å²) in [6.45, 7) is 2.13. The van der Waals surface area contributed by atoms with Gasteiger partial charge in [0.25, 0.3) is 5.91 Å². The van der Waals surface area contributed by atoms with Gasteiger partial charge < -0.3 is 19.4 Å². The van der Waals surface area contributed by atoms with Crippen LogP contribution in [-0.4, -0.2) is 24.5 Å². The van der Waals surface area contributed by atoms with Crippen LogP contribution in [0.2, 0.25) is 0 Å². The molecular weight excluding hydrogens is 368 g/mol. The highest BCUT2D eigenvalue weighted by Gasteiger charge is 2.31. The average Bonchev–Trinajstić information content (AvgIpc) is 3.37. The monoisotopic (exact) mass is 390 g/mol. The number of anilines is 2. The molecule has 0 unspecified atom stereocenters. The number of carbonyl (C=O) groups excluding carboxylic acids is 2. The lowest BCUT2D eigenvalue weighted by Crippen LogP contribution is -2.38. The van der Waals surface area contributed by atoms with Gasteiger partial charge >= 0.3 is 5.97 Å². The van der Waals surface area contributed by atoms with E-state index in [-0.39, 0.29) is 18.6 Å². The van der Waals surface area contributed by atoms with Crippen LogP contribution in [0.3, 0.4) is 0 Å². The van der Waals surface area contributed by atoms with Crippen LogP contribution >= 0.6 is 0 Å². The minimum absolute atomic E-state index is 0.0425. The molecule has 4 rings (SSSR count). The molecule has 1 aliphatic heterocycles. The fraction of sp³-hybridized carbons (Fsp3) is 0.217. The molecule has 1 aliphatic rings. The molecule has 1 amide bonds. The number of rotatable bonds is 6. The molecule has 148 valence electrons. The Hall–Kier alpha value is -3.54. The van der Waals surface area contributed by atoms with Gasteiger partial charge in [0.2, 0.25) is 0 Å². The third-order valence-corrected chi connectivity index (χ3v) is 4.98. The molecule has 0 aliphatic carbocycles. The largest absolute Gasteiger partial charge is 0.467 e. The number of nitrogens with zero attached hydrogens (tertiary/aromatic N) is 1. The molecule has 2 aromatic carbocycles. The molecule has 1 N–H and O–H groups in total. The Balaban J connectivity index is 1.41. The van der Waals surface area contributed by atoms with Gasteiger partial charge in [0.05, 0.1) is 18.4 Å². The second-order valence-corrected chi connectivity index (χ2v) is 7.00. The number of fused-ring (bicyclic) bond motifs is 1. The first-order valence-corrected chi connectivity index (χ1v) is 9.56. The van der Waals surface area contributed by atoms with Gasteiger partial charge in [-0.15, -0.1) is 0 Å². The molecular formula is C23H22N2O4. The van der Waals surface area contributed by atoms with Gasteiger partial charge in [-0.2, -0.15) is 0 Å². The Morgan fingerprint density at radius 2 is 1.90 bits per heavy atom. The van der Waals surface area contributed by atoms with Crippen LogP contribution in [0.1, 0.15) is 28.6 Å². The normalized spacial score (nSPS) is 15.1. The van der Waals surface area contributed by atoms with Gasteiger partial charge in [-0.1, -0.05) is 30.3 Å². The lowest BCUT2D eigenvalue weighted by molar-refractivity contribution is -0.122. The maximum atomic E-state index is 12.7. The van der Waals surface area contributed by atoms with E-state index in [2.05, 4.69) is 5.32 Å². The zero-order valence-corrected chi connectivity index (χ0v) is 16.1. The van der Waals surface area contributed by atoms with Crippen molar-refractivity contribution >= 4 is 23.3 Å². The minimum Gasteiger partial charge on any atom is -0.467 e. The molecule has 0 bridgehead atoms. The first kappa shape index (κ1) is 18.8. The fourth-order valence-electron chi connectivity index (χ4n) is 3.63. The predicted molar refractivity (Wildman–Crippen MR) is 110 cm³/mol. The van der Waals surface area contributed by atoms with Gasteiger partial charge in [-0.25, -0.2) is 4.79 Å². The van der Waals surface area contributed by atoms with E-state index < -0.39 is 5.97 Å². The summed E-state index contributed by atoms with van der Waals surface area (Å²) in [5.74, 6) is -0.0112. The third kappa shape index (κ3) is 4.01. The number of nitrogens with one attached hydrogen (secondary N) is 1. The zero-order valence-electron chi connectivity index (χ0n) is 16.1. The Morgan fingerprint density at radius 3 is 2.72 bits per heavy atom. The van der Waals surface area contributed by atoms with Crippen molar-refractivity contribution in [1.29, 1.82) is 0 Å². The summed E-state index contributed by atoms with van der Waals surface area (Å²) < 4.78 is 10.7. The lowest BCUT2D eigenvalue weighted by atomic mass is 10.1. The van der Waals surface area contributed by atoms with E-state index in [1.54, 1.807) is 35.4 Å². The molecule has 1 atom stereocenters. The standard InChI is InChI=1S/C23H22N2O4/c1-16-13-17-7-2-5-11-21(17)25(16)22(26)15-29-23(27)19-9-3-4-10-20(19)24-14-18-8-6-12-28-18/h2-12,16,24H,13-15H2,1H3/t16-/m1/s1. The summed E-state index contributed by atoms with van der Waals surface area (Å²) in [6, 6.07) is 18.6.